The molecule has 1 aromatic carbocycles. The molecule has 2 aromatic rings. The number of nitrogens with one attached hydrogen (secondary N) is 1. The van der Waals surface area contributed by atoms with Gasteiger partial charge in [-0.15, -0.1) is 10.2 Å². The van der Waals surface area contributed by atoms with Gasteiger partial charge < -0.3 is 4.90 Å². The number of benzene rings is 1. The second kappa shape index (κ2) is 9.03. The van der Waals surface area contributed by atoms with Crippen LogP contribution in [0.1, 0.15) is 43.5 Å². The number of piperidine rings is 1. The minimum absolute atomic E-state index is 0.122. The molecule has 2 heterocycles. The van der Waals surface area contributed by atoms with Gasteiger partial charge in [0.1, 0.15) is 0 Å². The van der Waals surface area contributed by atoms with Crippen LogP contribution in [0.5, 0.6) is 0 Å². The van der Waals surface area contributed by atoms with Crippen molar-refractivity contribution in [2.45, 2.75) is 49.5 Å². The molecule has 6 nitrogen and oxygen atoms in total. The zero-order valence-corrected chi connectivity index (χ0v) is 17.5. The molecule has 0 saturated carbocycles. The number of likely N-dealkylation sites (tertiary alicyclic amines) is 1. The van der Waals surface area contributed by atoms with Gasteiger partial charge in [-0.1, -0.05) is 46.8 Å². The molecule has 0 radical (unpaired) electrons. The molecule has 27 heavy (non-hydrogen) atoms. The van der Waals surface area contributed by atoms with Crippen LogP contribution in [-0.2, 0) is 4.79 Å². The molecule has 1 N–H and O–H groups in total. The van der Waals surface area contributed by atoms with Crippen molar-refractivity contribution in [3.63, 3.8) is 0 Å². The van der Waals surface area contributed by atoms with Crippen molar-refractivity contribution in [2.75, 3.05) is 11.1 Å². The van der Waals surface area contributed by atoms with Crippen LogP contribution in [-0.4, -0.2) is 44.7 Å². The minimum Gasteiger partial charge on any atom is -0.337 e. The molecule has 3 rings (SSSR count). The first-order chi connectivity index (χ1) is 13.0. The first kappa shape index (κ1) is 20.1. The van der Waals surface area contributed by atoms with E-state index in [-0.39, 0.29) is 23.9 Å². The molecule has 144 valence electrons. The Balaban J connectivity index is 1.56. The van der Waals surface area contributed by atoms with E-state index in [2.05, 4.69) is 29.4 Å². The number of aromatic nitrogens is 2. The molecule has 2 amide bonds. The fourth-order valence-corrected chi connectivity index (χ4v) is 5.08. The maximum absolute atomic E-state index is 12.6. The van der Waals surface area contributed by atoms with Crippen molar-refractivity contribution >= 4 is 51.6 Å². The molecule has 1 fully saturated rings. The zero-order valence-electron chi connectivity index (χ0n) is 15.1. The monoisotopic (exact) mass is 424 g/mol. The SMILES string of the molecule is C[C@@H]1CCC[C@@H](C)N1C(=O)CSc1nnc(NC(=O)c2ccccc2Cl)s1. The molecular weight excluding hydrogens is 404 g/mol. The number of halogens is 1. The highest BCUT2D eigenvalue weighted by Crippen LogP contribution is 2.28. The summed E-state index contributed by atoms with van der Waals surface area (Å²) in [5.41, 5.74) is 0.381. The average molecular weight is 425 g/mol. The van der Waals surface area contributed by atoms with E-state index in [1.165, 1.54) is 29.5 Å². The lowest BCUT2D eigenvalue weighted by atomic mass is 9.98. The molecular formula is C18H21ClN4O2S2. The smallest absolute Gasteiger partial charge is 0.259 e. The van der Waals surface area contributed by atoms with Crippen LogP contribution in [0.3, 0.4) is 0 Å². The summed E-state index contributed by atoms with van der Waals surface area (Å²) < 4.78 is 0.648. The highest BCUT2D eigenvalue weighted by Gasteiger charge is 2.28. The number of amides is 2. The van der Waals surface area contributed by atoms with E-state index in [9.17, 15) is 9.59 Å². The topological polar surface area (TPSA) is 75.2 Å². The van der Waals surface area contributed by atoms with Gasteiger partial charge in [0.15, 0.2) is 4.34 Å². The van der Waals surface area contributed by atoms with Crippen LogP contribution in [0.4, 0.5) is 5.13 Å². The summed E-state index contributed by atoms with van der Waals surface area (Å²) >= 11 is 8.63. The Hall–Kier alpha value is -1.64. The Morgan fingerprint density at radius 2 is 1.96 bits per heavy atom. The Morgan fingerprint density at radius 1 is 1.26 bits per heavy atom. The van der Waals surface area contributed by atoms with E-state index < -0.39 is 0 Å². The molecule has 1 aliphatic heterocycles. The standard InChI is InChI=1S/C18H21ClN4O2S2/c1-11-6-5-7-12(2)23(11)15(24)10-26-18-22-21-17(27-18)20-16(25)13-8-3-4-9-14(13)19/h3-4,8-9,11-12H,5-7,10H2,1-2H3,(H,20,21,25)/t11-,12-/m1/s1. The highest BCUT2D eigenvalue weighted by atomic mass is 35.5. The van der Waals surface area contributed by atoms with E-state index in [1.54, 1.807) is 24.3 Å². The van der Waals surface area contributed by atoms with E-state index >= 15 is 0 Å². The van der Waals surface area contributed by atoms with E-state index in [4.69, 9.17) is 11.6 Å². The summed E-state index contributed by atoms with van der Waals surface area (Å²) in [6.07, 6.45) is 3.28. The van der Waals surface area contributed by atoms with Gasteiger partial charge in [0.25, 0.3) is 5.91 Å². The van der Waals surface area contributed by atoms with Crippen LogP contribution in [0, 0.1) is 0 Å². The normalized spacial score (nSPS) is 19.7. The summed E-state index contributed by atoms with van der Waals surface area (Å²) in [6, 6.07) is 7.37. The minimum atomic E-state index is -0.333. The quantitative estimate of drug-likeness (QED) is 0.571. The van der Waals surface area contributed by atoms with Gasteiger partial charge in [-0.05, 0) is 45.2 Å². The predicted molar refractivity (Wildman–Crippen MR) is 110 cm³/mol. The number of carbonyl (C=O) groups excluding carboxylic acids is 2. The van der Waals surface area contributed by atoms with Crippen molar-refractivity contribution in [3.8, 4) is 0 Å². The number of hydrogen-bond acceptors (Lipinski definition) is 6. The second-order valence-electron chi connectivity index (χ2n) is 6.53. The number of nitrogens with zero attached hydrogens (tertiary/aromatic N) is 3. The maximum Gasteiger partial charge on any atom is 0.259 e. The number of anilines is 1. The van der Waals surface area contributed by atoms with Gasteiger partial charge in [-0.25, -0.2) is 0 Å². The number of hydrogen-bond donors (Lipinski definition) is 1. The lowest BCUT2D eigenvalue weighted by Crippen LogP contribution is -2.48. The fraction of sp³-hybridized carbons (Fsp3) is 0.444. The lowest BCUT2D eigenvalue weighted by molar-refractivity contribution is -0.134. The van der Waals surface area contributed by atoms with Crippen molar-refractivity contribution in [2.24, 2.45) is 0 Å². The average Bonchev–Trinajstić information content (AvgIpc) is 3.07. The Kier molecular flexibility index (Phi) is 6.73. The van der Waals surface area contributed by atoms with Crippen LogP contribution >= 0.6 is 34.7 Å². The number of thioether (sulfide) groups is 1. The molecule has 2 atom stereocenters. The second-order valence-corrected chi connectivity index (χ2v) is 9.13. The molecule has 0 aliphatic carbocycles. The van der Waals surface area contributed by atoms with Gasteiger partial charge in [0, 0.05) is 12.1 Å². The van der Waals surface area contributed by atoms with Crippen molar-refractivity contribution in [1.29, 1.82) is 0 Å². The third kappa shape index (κ3) is 5.00. The van der Waals surface area contributed by atoms with E-state index in [0.717, 1.165) is 12.8 Å². The first-order valence-corrected chi connectivity index (χ1v) is 11.0. The summed E-state index contributed by atoms with van der Waals surface area (Å²) in [6.45, 7) is 4.21. The Morgan fingerprint density at radius 3 is 2.67 bits per heavy atom. The predicted octanol–water partition coefficient (Wildman–Crippen LogP) is 4.33. The van der Waals surface area contributed by atoms with Crippen LogP contribution in [0.25, 0.3) is 0 Å². The zero-order chi connectivity index (χ0) is 19.4. The molecule has 1 aromatic heterocycles. The van der Waals surface area contributed by atoms with Crippen molar-refractivity contribution in [3.05, 3.63) is 34.9 Å². The number of rotatable bonds is 5. The Labute approximate surface area is 171 Å². The van der Waals surface area contributed by atoms with Gasteiger partial charge in [0.2, 0.25) is 11.0 Å². The van der Waals surface area contributed by atoms with Gasteiger partial charge >= 0.3 is 0 Å². The maximum atomic E-state index is 12.6. The largest absolute Gasteiger partial charge is 0.337 e. The van der Waals surface area contributed by atoms with Gasteiger partial charge in [-0.3, -0.25) is 14.9 Å². The molecule has 0 unspecified atom stereocenters. The molecule has 9 heteroatoms. The van der Waals surface area contributed by atoms with Gasteiger partial charge in [-0.2, -0.15) is 0 Å². The molecule has 0 bridgehead atoms. The molecule has 1 aliphatic rings. The van der Waals surface area contributed by atoms with Crippen LogP contribution in [0.15, 0.2) is 28.6 Å². The molecule has 1 saturated heterocycles. The third-order valence-corrected chi connectivity index (χ3v) is 6.83. The Bertz CT molecular complexity index is 819. The summed E-state index contributed by atoms with van der Waals surface area (Å²) in [4.78, 5) is 26.8. The number of carbonyl (C=O) groups is 2. The summed E-state index contributed by atoms with van der Waals surface area (Å²) in [5.74, 6) is 0.110. The third-order valence-electron chi connectivity index (χ3n) is 4.55. The first-order valence-electron chi connectivity index (χ1n) is 8.79. The van der Waals surface area contributed by atoms with E-state index in [1.807, 2.05) is 4.90 Å². The van der Waals surface area contributed by atoms with Crippen molar-refractivity contribution < 1.29 is 9.59 Å². The molecule has 0 spiro atoms. The summed E-state index contributed by atoms with van der Waals surface area (Å²) in [5, 5.41) is 11.5. The van der Waals surface area contributed by atoms with Crippen LogP contribution in [0.2, 0.25) is 5.02 Å². The van der Waals surface area contributed by atoms with Crippen molar-refractivity contribution in [1.82, 2.24) is 15.1 Å². The fourth-order valence-electron chi connectivity index (χ4n) is 3.24. The highest BCUT2D eigenvalue weighted by molar-refractivity contribution is 8.01. The lowest BCUT2D eigenvalue weighted by Gasteiger charge is -2.39. The van der Waals surface area contributed by atoms with Crippen LogP contribution < -0.4 is 5.32 Å². The summed E-state index contributed by atoms with van der Waals surface area (Å²) in [7, 11) is 0. The van der Waals surface area contributed by atoms with Gasteiger partial charge in [0.05, 0.1) is 16.3 Å². The van der Waals surface area contributed by atoms with E-state index in [0.29, 0.717) is 25.8 Å².